The van der Waals surface area contributed by atoms with Crippen molar-refractivity contribution < 1.29 is 14.7 Å². The molecule has 1 rings (SSSR count). The lowest BCUT2D eigenvalue weighted by atomic mass is 10.2. The number of rotatable bonds is 3. The van der Waals surface area contributed by atoms with Gasteiger partial charge in [-0.1, -0.05) is 6.07 Å². The fraction of sp³-hybridized carbons (Fsp3) is 0.125. The third kappa shape index (κ3) is 2.74. The van der Waals surface area contributed by atoms with E-state index < -0.39 is 12.0 Å². The number of nitrogens with two attached hydrogens (primary N) is 1. The van der Waals surface area contributed by atoms with Crippen LogP contribution in [0.2, 0.25) is 0 Å². The molecule has 6 nitrogen and oxygen atoms in total. The summed E-state index contributed by atoms with van der Waals surface area (Å²) in [5, 5.41) is 10.9. The molecular formula is C8H9N3O3. The van der Waals surface area contributed by atoms with Crippen molar-refractivity contribution in [2.45, 2.75) is 6.54 Å². The van der Waals surface area contributed by atoms with Crippen LogP contribution in [0.25, 0.3) is 0 Å². The molecule has 1 aromatic heterocycles. The smallest absolute Gasteiger partial charge is 0.354 e. The summed E-state index contributed by atoms with van der Waals surface area (Å²) in [6.07, 6.45) is 1.37. The largest absolute Gasteiger partial charge is 0.477 e. The quantitative estimate of drug-likeness (QED) is 0.628. The van der Waals surface area contributed by atoms with Gasteiger partial charge in [-0.25, -0.2) is 14.6 Å². The van der Waals surface area contributed by atoms with Crippen LogP contribution in [0, 0.1) is 0 Å². The van der Waals surface area contributed by atoms with Crippen LogP contribution in [0.4, 0.5) is 4.79 Å². The lowest BCUT2D eigenvalue weighted by Gasteiger charge is -2.01. The number of hydrogen-bond acceptors (Lipinski definition) is 3. The van der Waals surface area contributed by atoms with Gasteiger partial charge in [0.05, 0.1) is 0 Å². The molecule has 6 heteroatoms. The molecule has 0 aliphatic rings. The zero-order valence-electron chi connectivity index (χ0n) is 7.23. The van der Waals surface area contributed by atoms with Gasteiger partial charge in [-0.2, -0.15) is 0 Å². The van der Waals surface area contributed by atoms with Gasteiger partial charge in [-0.05, 0) is 11.6 Å². The molecule has 0 saturated heterocycles. The number of carbonyl (C=O) groups is 2. The summed E-state index contributed by atoms with van der Waals surface area (Å²) >= 11 is 0. The number of nitrogens with zero attached hydrogens (tertiary/aromatic N) is 1. The van der Waals surface area contributed by atoms with Crippen LogP contribution in [0.15, 0.2) is 18.3 Å². The molecule has 2 amide bonds. The van der Waals surface area contributed by atoms with Gasteiger partial charge in [0.2, 0.25) is 0 Å². The maximum Gasteiger partial charge on any atom is 0.354 e. The van der Waals surface area contributed by atoms with E-state index in [2.05, 4.69) is 10.3 Å². The molecule has 0 bridgehead atoms. The molecule has 14 heavy (non-hydrogen) atoms. The number of hydrogen-bond donors (Lipinski definition) is 3. The Bertz CT molecular complexity index is 347. The molecule has 4 N–H and O–H groups in total. The van der Waals surface area contributed by atoms with E-state index in [1.807, 2.05) is 0 Å². The van der Waals surface area contributed by atoms with Crippen LogP contribution in [-0.2, 0) is 6.54 Å². The number of aromatic nitrogens is 1. The molecule has 0 fully saturated rings. The number of nitrogens with one attached hydrogen (secondary N) is 1. The number of pyridine rings is 1. The number of urea groups is 1. The molecule has 74 valence electrons. The predicted octanol–water partition coefficient (Wildman–Crippen LogP) is -0.0519. The highest BCUT2D eigenvalue weighted by atomic mass is 16.4. The van der Waals surface area contributed by atoms with E-state index >= 15 is 0 Å². The number of primary amides is 1. The summed E-state index contributed by atoms with van der Waals surface area (Å²) in [5.74, 6) is -1.08. The van der Waals surface area contributed by atoms with Gasteiger partial charge in [-0.3, -0.25) is 0 Å². The molecule has 0 radical (unpaired) electrons. The van der Waals surface area contributed by atoms with E-state index in [0.29, 0.717) is 5.56 Å². The minimum absolute atomic E-state index is 0.0344. The van der Waals surface area contributed by atoms with Crippen LogP contribution in [0.5, 0.6) is 0 Å². The maximum atomic E-state index is 10.4. The number of amides is 2. The van der Waals surface area contributed by atoms with E-state index in [1.54, 1.807) is 6.07 Å². The number of carboxylic acids is 1. The Kier molecular flexibility index (Phi) is 3.01. The maximum absolute atomic E-state index is 10.4. The Labute approximate surface area is 79.8 Å². The minimum atomic E-state index is -1.08. The first-order valence-electron chi connectivity index (χ1n) is 3.81. The van der Waals surface area contributed by atoms with Crippen LogP contribution in [0.1, 0.15) is 16.1 Å². The van der Waals surface area contributed by atoms with Crippen molar-refractivity contribution in [3.05, 3.63) is 29.6 Å². The summed E-state index contributed by atoms with van der Waals surface area (Å²) in [6, 6.07) is 2.29. The first kappa shape index (κ1) is 9.97. The number of aromatic carboxylic acids is 1. The molecule has 0 atom stereocenters. The average Bonchev–Trinajstić information content (AvgIpc) is 2.15. The van der Waals surface area contributed by atoms with Crippen molar-refractivity contribution in [2.75, 3.05) is 0 Å². The molecule has 0 aliphatic heterocycles. The topological polar surface area (TPSA) is 105 Å². The standard InChI is InChI=1S/C8H9N3O3/c9-8(14)11-4-5-1-2-6(7(12)13)10-3-5/h1-3H,4H2,(H,12,13)(H3,9,11,14). The van der Waals surface area contributed by atoms with Gasteiger partial charge in [0, 0.05) is 12.7 Å². The van der Waals surface area contributed by atoms with Crippen LogP contribution >= 0.6 is 0 Å². The van der Waals surface area contributed by atoms with Crippen LogP contribution in [-0.4, -0.2) is 22.1 Å². The second-order valence-corrected chi connectivity index (χ2v) is 2.57. The predicted molar refractivity (Wildman–Crippen MR) is 47.6 cm³/mol. The first-order valence-corrected chi connectivity index (χ1v) is 3.81. The summed E-state index contributed by atoms with van der Waals surface area (Å²) in [4.78, 5) is 24.4. The highest BCUT2D eigenvalue weighted by Crippen LogP contribution is 1.99. The van der Waals surface area contributed by atoms with Gasteiger partial charge in [0.25, 0.3) is 0 Å². The Morgan fingerprint density at radius 3 is 2.64 bits per heavy atom. The zero-order valence-corrected chi connectivity index (χ0v) is 7.23. The van der Waals surface area contributed by atoms with Crippen LogP contribution < -0.4 is 11.1 Å². The molecule has 0 spiro atoms. The van der Waals surface area contributed by atoms with Crippen molar-refractivity contribution in [3.8, 4) is 0 Å². The second kappa shape index (κ2) is 4.22. The van der Waals surface area contributed by atoms with E-state index in [4.69, 9.17) is 10.8 Å². The summed E-state index contributed by atoms with van der Waals surface area (Å²) in [7, 11) is 0. The highest BCUT2D eigenvalue weighted by molar-refractivity contribution is 5.85. The van der Waals surface area contributed by atoms with Crippen molar-refractivity contribution in [3.63, 3.8) is 0 Å². The molecule has 0 unspecified atom stereocenters. The van der Waals surface area contributed by atoms with E-state index in [-0.39, 0.29) is 12.2 Å². The number of carbonyl (C=O) groups excluding carboxylic acids is 1. The lowest BCUT2D eigenvalue weighted by molar-refractivity contribution is 0.0690. The van der Waals surface area contributed by atoms with Gasteiger partial charge < -0.3 is 16.2 Å². The van der Waals surface area contributed by atoms with Gasteiger partial charge in [-0.15, -0.1) is 0 Å². The van der Waals surface area contributed by atoms with E-state index in [0.717, 1.165) is 0 Å². The fourth-order valence-corrected chi connectivity index (χ4v) is 0.845. The third-order valence-corrected chi connectivity index (χ3v) is 1.51. The van der Waals surface area contributed by atoms with Crippen molar-refractivity contribution >= 4 is 12.0 Å². The number of carboxylic acid groups (broad SMARTS) is 1. The Hall–Kier alpha value is -2.11. The Morgan fingerprint density at radius 1 is 1.50 bits per heavy atom. The molecular weight excluding hydrogens is 186 g/mol. The lowest BCUT2D eigenvalue weighted by Crippen LogP contribution is -2.28. The van der Waals surface area contributed by atoms with Crippen molar-refractivity contribution in [2.24, 2.45) is 5.73 Å². The molecule has 0 saturated carbocycles. The average molecular weight is 195 g/mol. The SMILES string of the molecule is NC(=O)NCc1ccc(C(=O)O)nc1. The second-order valence-electron chi connectivity index (χ2n) is 2.57. The van der Waals surface area contributed by atoms with Crippen LogP contribution in [0.3, 0.4) is 0 Å². The van der Waals surface area contributed by atoms with Gasteiger partial charge in [0.15, 0.2) is 0 Å². The van der Waals surface area contributed by atoms with Gasteiger partial charge in [0.1, 0.15) is 5.69 Å². The van der Waals surface area contributed by atoms with E-state index in [9.17, 15) is 9.59 Å². The summed E-state index contributed by atoms with van der Waals surface area (Å²) in [6.45, 7) is 0.238. The van der Waals surface area contributed by atoms with E-state index in [1.165, 1.54) is 12.3 Å². The molecule has 1 aromatic rings. The minimum Gasteiger partial charge on any atom is -0.477 e. The Balaban J connectivity index is 2.64. The fourth-order valence-electron chi connectivity index (χ4n) is 0.845. The van der Waals surface area contributed by atoms with Crippen molar-refractivity contribution in [1.82, 2.24) is 10.3 Å². The van der Waals surface area contributed by atoms with Crippen molar-refractivity contribution in [1.29, 1.82) is 0 Å². The monoisotopic (exact) mass is 195 g/mol. The molecule has 0 aliphatic carbocycles. The van der Waals surface area contributed by atoms with Gasteiger partial charge >= 0.3 is 12.0 Å². The highest BCUT2D eigenvalue weighted by Gasteiger charge is 2.03. The molecule has 0 aromatic carbocycles. The Morgan fingerprint density at radius 2 is 2.21 bits per heavy atom. The first-order chi connectivity index (χ1) is 6.59. The third-order valence-electron chi connectivity index (χ3n) is 1.51. The normalized spacial score (nSPS) is 9.43. The molecule has 1 heterocycles. The zero-order chi connectivity index (χ0) is 10.6. The summed E-state index contributed by atoms with van der Waals surface area (Å²) < 4.78 is 0. The summed E-state index contributed by atoms with van der Waals surface area (Å²) in [5.41, 5.74) is 5.51.